The molecule has 2 rings (SSSR count). The van der Waals surface area contributed by atoms with Gasteiger partial charge in [0.1, 0.15) is 0 Å². The molecule has 0 saturated carbocycles. The second kappa shape index (κ2) is 6.59. The smallest absolute Gasteiger partial charge is 0.195 e. The van der Waals surface area contributed by atoms with Crippen LogP contribution in [0, 0.1) is 5.92 Å². The van der Waals surface area contributed by atoms with E-state index in [0.717, 1.165) is 30.2 Å². The van der Waals surface area contributed by atoms with Crippen molar-refractivity contribution in [2.45, 2.75) is 46.1 Å². The van der Waals surface area contributed by atoms with Gasteiger partial charge in [-0.2, -0.15) is 0 Å². The molecule has 2 heterocycles. The second-order valence-corrected chi connectivity index (χ2v) is 6.58. The lowest BCUT2D eigenvalue weighted by molar-refractivity contribution is 0.555. The van der Waals surface area contributed by atoms with Crippen LogP contribution in [-0.2, 0) is 6.42 Å². The molecule has 0 saturated heterocycles. The predicted octanol–water partition coefficient (Wildman–Crippen LogP) is 3.16. The van der Waals surface area contributed by atoms with E-state index in [-0.39, 0.29) is 6.04 Å². The molecule has 20 heavy (non-hydrogen) atoms. The largest absolute Gasteiger partial charge is 0.358 e. The first kappa shape index (κ1) is 15.3. The molecule has 0 fully saturated rings. The molecule has 0 bridgehead atoms. The minimum absolute atomic E-state index is 0.200. The Kier molecular flexibility index (Phi) is 5.05. The first-order valence-corrected chi connectivity index (χ1v) is 8.35. The third-order valence-corrected chi connectivity index (χ3v) is 4.72. The Hall–Kier alpha value is -1.07. The molecule has 0 spiro atoms. The van der Waals surface area contributed by atoms with Crippen molar-refractivity contribution in [3.63, 3.8) is 0 Å². The Morgan fingerprint density at radius 1 is 1.40 bits per heavy atom. The number of imidazole rings is 1. The van der Waals surface area contributed by atoms with Crippen LogP contribution in [0.15, 0.2) is 11.6 Å². The average molecular weight is 294 g/mol. The number of aromatic nitrogens is 2. The Bertz CT molecular complexity index is 545. The van der Waals surface area contributed by atoms with Crippen LogP contribution in [0.1, 0.15) is 39.3 Å². The maximum Gasteiger partial charge on any atom is 0.195 e. The van der Waals surface area contributed by atoms with E-state index in [1.54, 1.807) is 11.3 Å². The van der Waals surface area contributed by atoms with Gasteiger partial charge in [0.25, 0.3) is 0 Å². The van der Waals surface area contributed by atoms with E-state index >= 15 is 0 Å². The molecule has 2 aromatic rings. The molecule has 0 aliphatic carbocycles. The number of anilines is 1. The average Bonchev–Trinajstić information content (AvgIpc) is 3.00. The van der Waals surface area contributed by atoms with Crippen molar-refractivity contribution in [3.8, 4) is 0 Å². The van der Waals surface area contributed by atoms with Crippen molar-refractivity contribution < 1.29 is 0 Å². The zero-order valence-electron chi connectivity index (χ0n) is 13.0. The van der Waals surface area contributed by atoms with Crippen molar-refractivity contribution in [1.29, 1.82) is 0 Å². The maximum atomic E-state index is 6.16. The molecule has 2 N–H and O–H groups in total. The Balaban J connectivity index is 2.31. The molecule has 4 nitrogen and oxygen atoms in total. The third kappa shape index (κ3) is 3.15. The van der Waals surface area contributed by atoms with Gasteiger partial charge in [0.2, 0.25) is 0 Å². The van der Waals surface area contributed by atoms with Crippen LogP contribution in [0.25, 0.3) is 4.96 Å². The molecule has 2 aromatic heterocycles. The number of rotatable bonds is 7. The fourth-order valence-corrected chi connectivity index (χ4v) is 3.12. The van der Waals surface area contributed by atoms with Gasteiger partial charge in [0, 0.05) is 37.6 Å². The van der Waals surface area contributed by atoms with Gasteiger partial charge in [0.05, 0.1) is 5.69 Å². The lowest BCUT2D eigenvalue weighted by Crippen LogP contribution is -2.27. The third-order valence-electron chi connectivity index (χ3n) is 3.96. The van der Waals surface area contributed by atoms with E-state index in [2.05, 4.69) is 48.7 Å². The maximum absolute atomic E-state index is 6.16. The predicted molar refractivity (Wildman–Crippen MR) is 87.8 cm³/mol. The number of hydrogen-bond donors (Lipinski definition) is 1. The number of fused-ring (bicyclic) bond motifs is 1. The molecule has 0 amide bonds. The van der Waals surface area contributed by atoms with Crippen molar-refractivity contribution >= 4 is 22.1 Å². The van der Waals surface area contributed by atoms with Crippen LogP contribution in [-0.4, -0.2) is 29.0 Å². The van der Waals surface area contributed by atoms with E-state index in [1.807, 2.05) is 0 Å². The minimum atomic E-state index is 0.200. The molecule has 0 radical (unpaired) electrons. The molecule has 0 aliphatic rings. The first-order chi connectivity index (χ1) is 9.56. The summed E-state index contributed by atoms with van der Waals surface area (Å²) in [5, 5.41) is 2.09. The zero-order chi connectivity index (χ0) is 14.7. The first-order valence-electron chi connectivity index (χ1n) is 7.47. The lowest BCUT2D eigenvalue weighted by Gasteiger charge is -2.22. The summed E-state index contributed by atoms with van der Waals surface area (Å²) in [4.78, 5) is 8.15. The van der Waals surface area contributed by atoms with Crippen LogP contribution in [0.5, 0.6) is 0 Å². The second-order valence-electron chi connectivity index (χ2n) is 5.70. The summed E-state index contributed by atoms with van der Waals surface area (Å²) in [7, 11) is 2.14. The van der Waals surface area contributed by atoms with Gasteiger partial charge in [-0.25, -0.2) is 4.98 Å². The number of hydrogen-bond acceptors (Lipinski definition) is 4. The summed E-state index contributed by atoms with van der Waals surface area (Å²) in [6.07, 6.45) is 5.17. The van der Waals surface area contributed by atoms with E-state index in [4.69, 9.17) is 10.7 Å². The highest BCUT2D eigenvalue weighted by Gasteiger charge is 2.19. The molecule has 2 unspecified atom stereocenters. The highest BCUT2D eigenvalue weighted by Crippen LogP contribution is 2.26. The van der Waals surface area contributed by atoms with E-state index in [0.29, 0.717) is 5.92 Å². The fourth-order valence-electron chi connectivity index (χ4n) is 2.39. The van der Waals surface area contributed by atoms with Crippen molar-refractivity contribution in [2.24, 2.45) is 11.7 Å². The Morgan fingerprint density at radius 3 is 2.80 bits per heavy atom. The monoisotopic (exact) mass is 294 g/mol. The Morgan fingerprint density at radius 2 is 2.15 bits per heavy atom. The molecule has 5 heteroatoms. The van der Waals surface area contributed by atoms with Crippen molar-refractivity contribution in [3.05, 3.63) is 17.3 Å². The van der Waals surface area contributed by atoms with Gasteiger partial charge < -0.3 is 10.6 Å². The van der Waals surface area contributed by atoms with E-state index in [1.165, 1.54) is 12.1 Å². The summed E-state index contributed by atoms with van der Waals surface area (Å²) in [6, 6.07) is 0.200. The van der Waals surface area contributed by atoms with Crippen molar-refractivity contribution in [1.82, 2.24) is 9.38 Å². The van der Waals surface area contributed by atoms with Crippen LogP contribution in [0.2, 0.25) is 0 Å². The van der Waals surface area contributed by atoms with Crippen molar-refractivity contribution in [2.75, 3.05) is 18.5 Å². The number of nitrogens with zero attached hydrogens (tertiary/aromatic N) is 3. The van der Waals surface area contributed by atoms with Gasteiger partial charge in [-0.15, -0.1) is 11.3 Å². The standard InChI is InChI=1S/C15H26N4S/c1-5-11(3)10-18(4)14-13(9-12(16)6-2)19-7-8-20-15(19)17-14/h7-8,11-12H,5-6,9-10,16H2,1-4H3. The molecule has 2 atom stereocenters. The SMILES string of the molecule is CCC(C)CN(C)c1nc2sccn2c1CC(N)CC. The summed E-state index contributed by atoms with van der Waals surface area (Å²) < 4.78 is 2.20. The Labute approximate surface area is 125 Å². The number of thiazole rings is 1. The van der Waals surface area contributed by atoms with Gasteiger partial charge in [-0.05, 0) is 12.3 Å². The van der Waals surface area contributed by atoms with E-state index in [9.17, 15) is 0 Å². The van der Waals surface area contributed by atoms with Gasteiger partial charge in [-0.1, -0.05) is 27.2 Å². The summed E-state index contributed by atoms with van der Waals surface area (Å²) >= 11 is 1.68. The van der Waals surface area contributed by atoms with Crippen LogP contribution in [0.4, 0.5) is 5.82 Å². The van der Waals surface area contributed by atoms with Gasteiger partial charge >= 0.3 is 0 Å². The molecule has 0 aliphatic heterocycles. The number of nitrogens with two attached hydrogens (primary N) is 1. The molecular formula is C15H26N4S. The normalized spacial score (nSPS) is 14.7. The van der Waals surface area contributed by atoms with Crippen LogP contribution < -0.4 is 10.6 Å². The summed E-state index contributed by atoms with van der Waals surface area (Å²) in [6.45, 7) is 7.69. The zero-order valence-corrected chi connectivity index (χ0v) is 13.8. The molecular weight excluding hydrogens is 268 g/mol. The van der Waals surface area contributed by atoms with E-state index < -0.39 is 0 Å². The van der Waals surface area contributed by atoms with Gasteiger partial charge in [0.15, 0.2) is 10.8 Å². The van der Waals surface area contributed by atoms with Crippen LogP contribution >= 0.6 is 11.3 Å². The lowest BCUT2D eigenvalue weighted by atomic mass is 10.1. The summed E-state index contributed by atoms with van der Waals surface area (Å²) in [5.41, 5.74) is 7.42. The highest BCUT2D eigenvalue weighted by atomic mass is 32.1. The highest BCUT2D eigenvalue weighted by molar-refractivity contribution is 7.15. The molecule has 112 valence electrons. The molecule has 0 aromatic carbocycles. The summed E-state index contributed by atoms with van der Waals surface area (Å²) in [5.74, 6) is 1.77. The van der Waals surface area contributed by atoms with Crippen LogP contribution in [0.3, 0.4) is 0 Å². The topological polar surface area (TPSA) is 46.6 Å². The quantitative estimate of drug-likeness (QED) is 0.853. The minimum Gasteiger partial charge on any atom is -0.358 e. The van der Waals surface area contributed by atoms with Gasteiger partial charge in [-0.3, -0.25) is 4.40 Å². The fraction of sp³-hybridized carbons (Fsp3) is 0.667.